The van der Waals surface area contributed by atoms with Crippen molar-refractivity contribution in [3.8, 4) is 0 Å². The van der Waals surface area contributed by atoms with Gasteiger partial charge < -0.3 is 4.55 Å². The van der Waals surface area contributed by atoms with Crippen molar-refractivity contribution in [1.29, 1.82) is 0 Å². The zero-order valence-electron chi connectivity index (χ0n) is 7.75. The van der Waals surface area contributed by atoms with E-state index in [1.807, 2.05) is 0 Å². The molecule has 0 aliphatic carbocycles. The Morgan fingerprint density at radius 2 is 2.20 bits per heavy atom. The van der Waals surface area contributed by atoms with Gasteiger partial charge in [0.2, 0.25) is 0 Å². The van der Waals surface area contributed by atoms with Crippen LogP contribution in [0.25, 0.3) is 0 Å². The number of halogens is 2. The maximum absolute atomic E-state index is 11.0. The zero-order valence-corrected chi connectivity index (χ0v) is 10.9. The fourth-order valence-electron chi connectivity index (χ4n) is 1.17. The van der Waals surface area contributed by atoms with E-state index in [2.05, 4.69) is 15.9 Å². The minimum atomic E-state index is -2.19. The first-order valence-electron chi connectivity index (χ1n) is 3.96. The summed E-state index contributed by atoms with van der Waals surface area (Å²) in [7, 11) is 0. The quantitative estimate of drug-likeness (QED) is 0.637. The maximum Gasteiger partial charge on any atom is 0.252 e. The average molecular weight is 311 g/mol. The summed E-state index contributed by atoms with van der Waals surface area (Å²) in [5, 5.41) is -0.585. The molecule has 0 radical (unpaired) electrons. The van der Waals surface area contributed by atoms with Crippen LogP contribution in [0.3, 0.4) is 0 Å². The monoisotopic (exact) mass is 309 g/mol. The smallest absolute Gasteiger partial charge is 0.252 e. The highest BCUT2D eigenvalue weighted by molar-refractivity contribution is 9.10. The number of carbonyl (C=O) groups excluding carboxylic acids is 1. The number of hydrogen-bond donors (Lipinski definition) is 0. The van der Waals surface area contributed by atoms with E-state index in [1.165, 1.54) is 6.07 Å². The van der Waals surface area contributed by atoms with Gasteiger partial charge in [-0.1, -0.05) is 27.0 Å². The summed E-state index contributed by atoms with van der Waals surface area (Å²) in [5.41, 5.74) is 1.57. The van der Waals surface area contributed by atoms with Gasteiger partial charge in [0.1, 0.15) is 0 Å². The lowest BCUT2D eigenvalue weighted by Gasteiger charge is -2.10. The molecule has 0 amide bonds. The van der Waals surface area contributed by atoms with Crippen LogP contribution in [-0.2, 0) is 16.8 Å². The van der Waals surface area contributed by atoms with Crippen molar-refractivity contribution >= 4 is 43.9 Å². The zero-order chi connectivity index (χ0) is 11.6. The molecule has 0 fully saturated rings. The molecule has 0 aliphatic heterocycles. The second-order valence-electron chi connectivity index (χ2n) is 2.98. The molecule has 6 heteroatoms. The van der Waals surface area contributed by atoms with Gasteiger partial charge in [0.05, 0.1) is 0 Å². The van der Waals surface area contributed by atoms with Crippen LogP contribution in [0.2, 0.25) is 0 Å². The normalized spacial score (nSPS) is 12.5. The summed E-state index contributed by atoms with van der Waals surface area (Å²) in [6.07, 6.45) is 0. The molecule has 0 aromatic heterocycles. The lowest BCUT2D eigenvalue weighted by Crippen LogP contribution is -2.00. The second kappa shape index (κ2) is 5.21. The first-order chi connectivity index (χ1) is 6.91. The lowest BCUT2D eigenvalue weighted by atomic mass is 10.1. The molecule has 3 nitrogen and oxygen atoms in total. The van der Waals surface area contributed by atoms with E-state index in [0.717, 1.165) is 0 Å². The molecular formula is C9H7BrClO3S-. The van der Waals surface area contributed by atoms with Crippen molar-refractivity contribution in [1.82, 2.24) is 0 Å². The molecule has 0 saturated carbocycles. The molecular weight excluding hydrogens is 304 g/mol. The third kappa shape index (κ3) is 3.38. The number of aryl methyl sites for hydroxylation is 1. The SMILES string of the molecule is Cc1cc(Br)c(CS(=O)[O-])cc1C(=O)Cl. The molecule has 82 valence electrons. The van der Waals surface area contributed by atoms with Crippen LogP contribution >= 0.6 is 27.5 Å². The summed E-state index contributed by atoms with van der Waals surface area (Å²) < 4.78 is 21.8. The molecule has 1 unspecified atom stereocenters. The molecule has 0 saturated heterocycles. The minimum absolute atomic E-state index is 0.141. The van der Waals surface area contributed by atoms with E-state index in [4.69, 9.17) is 11.6 Å². The van der Waals surface area contributed by atoms with Gasteiger partial charge in [0, 0.05) is 15.8 Å². The lowest BCUT2D eigenvalue weighted by molar-refractivity contribution is 0.108. The molecule has 0 spiro atoms. The number of hydrogen-bond acceptors (Lipinski definition) is 3. The summed E-state index contributed by atoms with van der Waals surface area (Å²) in [4.78, 5) is 11.0. The molecule has 1 aromatic rings. The van der Waals surface area contributed by atoms with Gasteiger partial charge in [-0.25, -0.2) is 0 Å². The Bertz CT molecular complexity index is 434. The summed E-state index contributed by atoms with van der Waals surface area (Å²) >= 11 is 6.40. The van der Waals surface area contributed by atoms with Gasteiger partial charge in [0.25, 0.3) is 5.24 Å². The van der Waals surface area contributed by atoms with Crippen LogP contribution in [0, 0.1) is 6.92 Å². The molecule has 1 aromatic carbocycles. The van der Waals surface area contributed by atoms with Gasteiger partial charge in [-0.15, -0.1) is 0 Å². The minimum Gasteiger partial charge on any atom is -0.772 e. The fraction of sp³-hybridized carbons (Fsp3) is 0.222. The summed E-state index contributed by atoms with van der Waals surface area (Å²) in [6.45, 7) is 1.73. The molecule has 15 heavy (non-hydrogen) atoms. The Kier molecular flexibility index (Phi) is 4.45. The van der Waals surface area contributed by atoms with Crippen molar-refractivity contribution in [3.63, 3.8) is 0 Å². The van der Waals surface area contributed by atoms with Crippen LogP contribution in [0.1, 0.15) is 21.5 Å². The highest BCUT2D eigenvalue weighted by atomic mass is 79.9. The van der Waals surface area contributed by atoms with Gasteiger partial charge in [-0.2, -0.15) is 0 Å². The summed E-state index contributed by atoms with van der Waals surface area (Å²) in [5.74, 6) is -0.141. The van der Waals surface area contributed by atoms with E-state index in [-0.39, 0.29) is 5.75 Å². The van der Waals surface area contributed by atoms with E-state index in [9.17, 15) is 13.6 Å². The Balaban J connectivity index is 3.23. The van der Waals surface area contributed by atoms with E-state index < -0.39 is 16.3 Å². The molecule has 0 aliphatic rings. The number of rotatable bonds is 3. The molecule has 0 heterocycles. The Morgan fingerprint density at radius 1 is 1.60 bits per heavy atom. The van der Waals surface area contributed by atoms with Gasteiger partial charge >= 0.3 is 0 Å². The Hall–Kier alpha value is -0.230. The highest BCUT2D eigenvalue weighted by Crippen LogP contribution is 2.24. The second-order valence-corrected chi connectivity index (χ2v) is 5.07. The van der Waals surface area contributed by atoms with Crippen molar-refractivity contribution < 1.29 is 13.6 Å². The molecule has 1 atom stereocenters. The predicted molar refractivity (Wildman–Crippen MR) is 61.7 cm³/mol. The number of carbonyl (C=O) groups is 1. The van der Waals surface area contributed by atoms with Crippen LogP contribution in [0.5, 0.6) is 0 Å². The fourth-order valence-corrected chi connectivity index (χ4v) is 2.65. The Labute approximate surface area is 103 Å². The topological polar surface area (TPSA) is 57.2 Å². The third-order valence-electron chi connectivity index (χ3n) is 1.88. The van der Waals surface area contributed by atoms with Crippen LogP contribution in [-0.4, -0.2) is 14.0 Å². The average Bonchev–Trinajstić information content (AvgIpc) is 2.08. The van der Waals surface area contributed by atoms with Crippen LogP contribution in [0.4, 0.5) is 0 Å². The largest absolute Gasteiger partial charge is 0.772 e. The van der Waals surface area contributed by atoms with Crippen LogP contribution in [0.15, 0.2) is 16.6 Å². The van der Waals surface area contributed by atoms with Crippen molar-refractivity contribution in [2.75, 3.05) is 0 Å². The van der Waals surface area contributed by atoms with E-state index >= 15 is 0 Å². The first kappa shape index (κ1) is 12.8. The maximum atomic E-state index is 11.0. The van der Waals surface area contributed by atoms with Gasteiger partial charge in [-0.05, 0) is 41.8 Å². The summed E-state index contributed by atoms with van der Waals surface area (Å²) in [6, 6.07) is 3.17. The standard InChI is InChI=1S/C9H8BrClO3S/c1-5-2-8(10)6(4-15(13)14)3-7(5)9(11)12/h2-3H,4H2,1H3,(H,13,14)/p-1. The molecule has 1 rings (SSSR count). The van der Waals surface area contributed by atoms with Gasteiger partial charge in [0.15, 0.2) is 0 Å². The first-order valence-corrected chi connectivity index (χ1v) is 6.38. The van der Waals surface area contributed by atoms with E-state index in [1.54, 1.807) is 13.0 Å². The molecule has 0 N–H and O–H groups in total. The van der Waals surface area contributed by atoms with Crippen molar-refractivity contribution in [2.24, 2.45) is 0 Å². The van der Waals surface area contributed by atoms with Crippen molar-refractivity contribution in [2.45, 2.75) is 12.7 Å². The highest BCUT2D eigenvalue weighted by Gasteiger charge is 2.10. The Morgan fingerprint density at radius 3 is 2.67 bits per heavy atom. The third-order valence-corrected chi connectivity index (χ3v) is 3.37. The molecule has 0 bridgehead atoms. The van der Waals surface area contributed by atoms with Crippen molar-refractivity contribution in [3.05, 3.63) is 33.3 Å². The van der Waals surface area contributed by atoms with E-state index in [0.29, 0.717) is 21.2 Å². The van der Waals surface area contributed by atoms with Gasteiger partial charge in [-0.3, -0.25) is 9.00 Å². The predicted octanol–water partition coefficient (Wildman–Crippen LogP) is 2.52. The van der Waals surface area contributed by atoms with Crippen LogP contribution < -0.4 is 0 Å². The number of benzene rings is 1.